The lowest BCUT2D eigenvalue weighted by Gasteiger charge is -2.33. The fraction of sp³-hybridized carbons (Fsp3) is 1.00. The van der Waals surface area contributed by atoms with Crippen molar-refractivity contribution >= 4 is 0 Å². The average Bonchev–Trinajstić information content (AvgIpc) is 2.20. The molecule has 1 rings (SSSR count). The second-order valence-electron chi connectivity index (χ2n) is 4.08. The first-order valence-corrected chi connectivity index (χ1v) is 5.98. The summed E-state index contributed by atoms with van der Waals surface area (Å²) in [6.07, 6.45) is 5.51. The van der Waals surface area contributed by atoms with Gasteiger partial charge >= 0.3 is 0 Å². The molecule has 0 aromatic heterocycles. The zero-order valence-corrected chi connectivity index (χ0v) is 9.84. The monoisotopic (exact) mass is 185 g/mol. The van der Waals surface area contributed by atoms with Crippen molar-refractivity contribution in [3.05, 3.63) is 0 Å². The van der Waals surface area contributed by atoms with E-state index in [1.165, 1.54) is 25.7 Å². The van der Waals surface area contributed by atoms with Crippen LogP contribution in [0, 0.1) is 17.8 Å². The van der Waals surface area contributed by atoms with Gasteiger partial charge < -0.3 is 5.73 Å². The second kappa shape index (κ2) is 7.37. The Labute approximate surface area is 84.1 Å². The van der Waals surface area contributed by atoms with Crippen LogP contribution in [0.4, 0.5) is 0 Å². The first-order chi connectivity index (χ1) is 6.27. The van der Waals surface area contributed by atoms with Crippen molar-refractivity contribution in [2.24, 2.45) is 23.5 Å². The first-order valence-electron chi connectivity index (χ1n) is 5.98. The molecule has 0 heterocycles. The minimum absolute atomic E-state index is 0.830. The van der Waals surface area contributed by atoms with Crippen LogP contribution in [0.3, 0.4) is 0 Å². The first kappa shape index (κ1) is 13.0. The minimum atomic E-state index is 0.830. The van der Waals surface area contributed by atoms with Gasteiger partial charge in [-0.1, -0.05) is 40.5 Å². The topological polar surface area (TPSA) is 26.0 Å². The lowest BCUT2D eigenvalue weighted by atomic mass is 9.73. The van der Waals surface area contributed by atoms with E-state index < -0.39 is 0 Å². The van der Waals surface area contributed by atoms with Gasteiger partial charge in [0.05, 0.1) is 0 Å². The number of rotatable bonds is 2. The van der Waals surface area contributed by atoms with Crippen LogP contribution < -0.4 is 5.73 Å². The van der Waals surface area contributed by atoms with E-state index in [1.54, 1.807) is 0 Å². The largest absolute Gasteiger partial charge is 0.330 e. The number of hydrogen-bond donors (Lipinski definition) is 1. The summed E-state index contributed by atoms with van der Waals surface area (Å²) in [5.41, 5.74) is 5.71. The van der Waals surface area contributed by atoms with E-state index in [-0.39, 0.29) is 0 Å². The van der Waals surface area contributed by atoms with Gasteiger partial charge in [0.25, 0.3) is 0 Å². The third kappa shape index (κ3) is 4.12. The van der Waals surface area contributed by atoms with Gasteiger partial charge in [0.15, 0.2) is 0 Å². The normalized spacial score (nSPS) is 33.5. The molecular formula is C12H27N. The summed E-state index contributed by atoms with van der Waals surface area (Å²) in [5, 5.41) is 0. The molecule has 1 aliphatic carbocycles. The molecule has 1 aliphatic rings. The zero-order valence-electron chi connectivity index (χ0n) is 9.84. The summed E-state index contributed by atoms with van der Waals surface area (Å²) in [4.78, 5) is 0. The highest BCUT2D eigenvalue weighted by Gasteiger charge is 2.25. The minimum Gasteiger partial charge on any atom is -0.330 e. The van der Waals surface area contributed by atoms with E-state index in [9.17, 15) is 0 Å². The molecular weight excluding hydrogens is 158 g/mol. The Kier molecular flexibility index (Phi) is 7.35. The predicted molar refractivity (Wildman–Crippen MR) is 60.7 cm³/mol. The smallest absolute Gasteiger partial charge is 0.00462 e. The lowest BCUT2D eigenvalue weighted by molar-refractivity contribution is 0.189. The Balaban J connectivity index is 0.000000671. The van der Waals surface area contributed by atoms with E-state index in [4.69, 9.17) is 5.73 Å². The van der Waals surface area contributed by atoms with Gasteiger partial charge in [-0.3, -0.25) is 0 Å². The van der Waals surface area contributed by atoms with Gasteiger partial charge in [0.2, 0.25) is 0 Å². The molecule has 1 heteroatoms. The lowest BCUT2D eigenvalue weighted by Crippen LogP contribution is -2.29. The summed E-state index contributed by atoms with van der Waals surface area (Å²) in [6.45, 7) is 9.58. The molecule has 1 saturated carbocycles. The van der Waals surface area contributed by atoms with Gasteiger partial charge in [-0.2, -0.15) is 0 Å². The van der Waals surface area contributed by atoms with Crippen LogP contribution in [0.2, 0.25) is 0 Å². The molecule has 0 bridgehead atoms. The van der Waals surface area contributed by atoms with E-state index in [1.807, 2.05) is 13.8 Å². The van der Waals surface area contributed by atoms with Gasteiger partial charge in [-0.25, -0.2) is 0 Å². The maximum absolute atomic E-state index is 5.71. The van der Waals surface area contributed by atoms with Crippen molar-refractivity contribution < 1.29 is 0 Å². The third-order valence-electron chi connectivity index (χ3n) is 3.23. The van der Waals surface area contributed by atoms with Crippen molar-refractivity contribution in [2.75, 3.05) is 6.54 Å². The fourth-order valence-corrected chi connectivity index (χ4v) is 2.37. The molecule has 3 unspecified atom stereocenters. The molecule has 3 atom stereocenters. The maximum Gasteiger partial charge on any atom is -0.00462 e. The van der Waals surface area contributed by atoms with Gasteiger partial charge in [-0.05, 0) is 37.1 Å². The Morgan fingerprint density at radius 1 is 1.15 bits per heavy atom. The molecule has 80 valence electrons. The van der Waals surface area contributed by atoms with Crippen LogP contribution in [0.25, 0.3) is 0 Å². The Hall–Kier alpha value is -0.0400. The van der Waals surface area contributed by atoms with Crippen molar-refractivity contribution in [3.63, 3.8) is 0 Å². The highest BCUT2D eigenvalue weighted by Crippen LogP contribution is 2.34. The van der Waals surface area contributed by atoms with Crippen LogP contribution >= 0.6 is 0 Å². The Bertz CT molecular complexity index is 112. The molecule has 1 nitrogen and oxygen atoms in total. The summed E-state index contributed by atoms with van der Waals surface area (Å²) < 4.78 is 0. The summed E-state index contributed by atoms with van der Waals surface area (Å²) >= 11 is 0. The van der Waals surface area contributed by atoms with E-state index in [2.05, 4.69) is 13.8 Å². The summed E-state index contributed by atoms with van der Waals surface area (Å²) in [7, 11) is 0. The Morgan fingerprint density at radius 3 is 2.23 bits per heavy atom. The van der Waals surface area contributed by atoms with Crippen LogP contribution in [0.15, 0.2) is 0 Å². The van der Waals surface area contributed by atoms with Gasteiger partial charge in [-0.15, -0.1) is 0 Å². The SMILES string of the molecule is CC.CCC1CC(C)CCC1CN. The van der Waals surface area contributed by atoms with E-state index in [0.717, 1.165) is 24.3 Å². The predicted octanol–water partition coefficient (Wildman–Crippen LogP) is 3.43. The highest BCUT2D eigenvalue weighted by molar-refractivity contribution is 4.78. The van der Waals surface area contributed by atoms with Crippen LogP contribution in [-0.2, 0) is 0 Å². The quantitative estimate of drug-likeness (QED) is 0.701. The van der Waals surface area contributed by atoms with Crippen molar-refractivity contribution in [2.45, 2.75) is 53.4 Å². The molecule has 0 spiro atoms. The van der Waals surface area contributed by atoms with Crippen LogP contribution in [0.1, 0.15) is 53.4 Å². The zero-order chi connectivity index (χ0) is 10.3. The molecule has 0 aromatic rings. The molecule has 0 aliphatic heterocycles. The molecule has 0 saturated heterocycles. The van der Waals surface area contributed by atoms with Crippen molar-refractivity contribution in [3.8, 4) is 0 Å². The maximum atomic E-state index is 5.71. The molecule has 0 amide bonds. The molecule has 2 N–H and O–H groups in total. The highest BCUT2D eigenvalue weighted by atomic mass is 14.6. The summed E-state index contributed by atoms with van der Waals surface area (Å²) in [6, 6.07) is 0. The molecule has 13 heavy (non-hydrogen) atoms. The Morgan fingerprint density at radius 2 is 1.77 bits per heavy atom. The second-order valence-corrected chi connectivity index (χ2v) is 4.08. The molecule has 0 aromatic carbocycles. The molecule has 1 fully saturated rings. The molecule has 0 radical (unpaired) electrons. The number of nitrogens with two attached hydrogens (primary N) is 1. The van der Waals surface area contributed by atoms with Crippen molar-refractivity contribution in [1.29, 1.82) is 0 Å². The van der Waals surface area contributed by atoms with Crippen LogP contribution in [-0.4, -0.2) is 6.54 Å². The average molecular weight is 185 g/mol. The third-order valence-corrected chi connectivity index (χ3v) is 3.23. The number of hydrogen-bond acceptors (Lipinski definition) is 1. The standard InChI is InChI=1S/C10H21N.C2H6/c1-3-9-6-8(2)4-5-10(9)7-11;1-2/h8-10H,3-7,11H2,1-2H3;1-2H3. The summed E-state index contributed by atoms with van der Waals surface area (Å²) in [5.74, 6) is 2.70. The van der Waals surface area contributed by atoms with Crippen molar-refractivity contribution in [1.82, 2.24) is 0 Å². The van der Waals surface area contributed by atoms with E-state index in [0.29, 0.717) is 0 Å². The van der Waals surface area contributed by atoms with Gasteiger partial charge in [0, 0.05) is 0 Å². The van der Waals surface area contributed by atoms with Crippen LogP contribution in [0.5, 0.6) is 0 Å². The van der Waals surface area contributed by atoms with Gasteiger partial charge in [0.1, 0.15) is 0 Å². The van der Waals surface area contributed by atoms with E-state index >= 15 is 0 Å². The fourth-order valence-electron chi connectivity index (χ4n) is 2.37.